The fourth-order valence-electron chi connectivity index (χ4n) is 7.09. The van der Waals surface area contributed by atoms with Crippen LogP contribution in [0.3, 0.4) is 0 Å². The zero-order valence-electron chi connectivity index (χ0n) is 29.4. The fourth-order valence-corrected chi connectivity index (χ4v) is 8.30. The van der Waals surface area contributed by atoms with Crippen LogP contribution in [0.4, 0.5) is 0 Å². The van der Waals surface area contributed by atoms with Gasteiger partial charge in [-0.15, -0.1) is 0 Å². The molecule has 3 fully saturated rings. The third kappa shape index (κ3) is 8.12. The number of rotatable bonds is 10. The van der Waals surface area contributed by atoms with Crippen LogP contribution in [0.5, 0.6) is 0 Å². The summed E-state index contributed by atoms with van der Waals surface area (Å²) in [6, 6.07) is 37.4. The molecule has 9 nitrogen and oxygen atoms in total. The van der Waals surface area contributed by atoms with Gasteiger partial charge in [-0.25, -0.2) is 9.59 Å². The molecular weight excluding hydrogens is 681 g/mol. The van der Waals surface area contributed by atoms with Crippen molar-refractivity contribution in [3.8, 4) is 0 Å². The van der Waals surface area contributed by atoms with Crippen molar-refractivity contribution in [3.63, 3.8) is 0 Å². The zero-order chi connectivity index (χ0) is 36.0. The number of carbonyl (C=O) groups is 2. The van der Waals surface area contributed by atoms with Crippen LogP contribution in [-0.4, -0.2) is 66.9 Å². The van der Waals surface area contributed by atoms with E-state index in [2.05, 4.69) is 0 Å². The minimum atomic E-state index is -0.988. The molecule has 0 aromatic heterocycles. The molecular formula is C42H44O9S. The smallest absolute Gasteiger partial charge is 0.338 e. The maximum absolute atomic E-state index is 13.6. The Morgan fingerprint density at radius 3 is 1.83 bits per heavy atom. The molecule has 7 rings (SSSR count). The highest BCUT2D eigenvalue weighted by Gasteiger charge is 2.53. The molecule has 10 heteroatoms. The van der Waals surface area contributed by atoms with E-state index < -0.39 is 60.5 Å². The number of fused-ring (bicyclic) bond motifs is 1. The second-order valence-electron chi connectivity index (χ2n) is 13.4. The molecule has 272 valence electrons. The SMILES string of the molecule is CCC1OC(Sc2ccccc2)[C@@H](OC(=O)c2ccccc2)[C@@H](C)[C@H]1OC1OC2COC(c3ccccc3)O[C@@H]2[C@H](C)[C@@H]1OC(=O)c1ccccc1. The first kappa shape index (κ1) is 36.3. The lowest BCUT2D eigenvalue weighted by molar-refractivity contribution is -0.365. The zero-order valence-corrected chi connectivity index (χ0v) is 30.2. The van der Waals surface area contributed by atoms with Gasteiger partial charge in [-0.3, -0.25) is 0 Å². The molecule has 0 bridgehead atoms. The molecule has 0 radical (unpaired) electrons. The minimum absolute atomic E-state index is 0.259. The summed E-state index contributed by atoms with van der Waals surface area (Å²) in [6.45, 7) is 6.29. The van der Waals surface area contributed by atoms with E-state index in [1.807, 2.05) is 93.6 Å². The summed E-state index contributed by atoms with van der Waals surface area (Å²) >= 11 is 1.51. The molecule has 4 aromatic rings. The molecule has 0 aliphatic carbocycles. The molecule has 52 heavy (non-hydrogen) atoms. The van der Waals surface area contributed by atoms with Crippen molar-refractivity contribution >= 4 is 23.7 Å². The topological polar surface area (TPSA) is 98.8 Å². The molecule has 0 N–H and O–H groups in total. The first-order valence-corrected chi connectivity index (χ1v) is 18.8. The van der Waals surface area contributed by atoms with Gasteiger partial charge < -0.3 is 33.2 Å². The molecule has 3 aliphatic rings. The van der Waals surface area contributed by atoms with Crippen molar-refractivity contribution in [2.24, 2.45) is 11.8 Å². The standard InChI is InChI=1S/C42H44O9S/c1-4-32-34(27(3)37(49-39(44)29-19-11-6-12-20-29)42(47-32)52-31-23-15-8-16-24-31)51-41-36(48-38(43)28-17-9-5-10-18-28)26(2)35-33(46-41)25-45-40(50-35)30-21-13-7-14-22-30/h5-24,26-27,32-37,40-42H,4,25H2,1-3H3/t26-,27-,32?,33?,34+,35+,36-,37-,40?,41?,42?/m0/s1. The van der Waals surface area contributed by atoms with E-state index in [4.69, 9.17) is 33.2 Å². The van der Waals surface area contributed by atoms with Gasteiger partial charge in [0.15, 0.2) is 18.7 Å². The second kappa shape index (κ2) is 16.8. The Bertz CT molecular complexity index is 1740. The highest BCUT2D eigenvalue weighted by Crippen LogP contribution is 2.43. The molecule has 0 amide bonds. The average molecular weight is 725 g/mol. The van der Waals surface area contributed by atoms with Crippen molar-refractivity contribution in [1.29, 1.82) is 0 Å². The number of esters is 2. The van der Waals surface area contributed by atoms with Crippen LogP contribution in [0.25, 0.3) is 0 Å². The lowest BCUT2D eigenvalue weighted by Crippen LogP contribution is -2.62. The Morgan fingerprint density at radius 2 is 1.23 bits per heavy atom. The van der Waals surface area contributed by atoms with E-state index in [9.17, 15) is 9.59 Å². The van der Waals surface area contributed by atoms with Gasteiger partial charge in [-0.2, -0.15) is 0 Å². The van der Waals surface area contributed by atoms with E-state index in [1.54, 1.807) is 48.5 Å². The summed E-state index contributed by atoms with van der Waals surface area (Å²) in [4.78, 5) is 28.1. The highest BCUT2D eigenvalue weighted by atomic mass is 32.2. The summed E-state index contributed by atoms with van der Waals surface area (Å²) in [5.74, 6) is -1.61. The summed E-state index contributed by atoms with van der Waals surface area (Å²) in [5.41, 5.74) is 1.25. The predicted octanol–water partition coefficient (Wildman–Crippen LogP) is 7.86. The normalized spacial score (nSPS) is 31.6. The van der Waals surface area contributed by atoms with Crippen molar-refractivity contribution < 1.29 is 42.7 Å². The van der Waals surface area contributed by atoms with Crippen molar-refractivity contribution in [3.05, 3.63) is 138 Å². The number of hydrogen-bond acceptors (Lipinski definition) is 10. The first-order valence-electron chi connectivity index (χ1n) is 17.9. The Labute approximate surface area is 308 Å². The summed E-state index contributed by atoms with van der Waals surface area (Å²) in [5, 5.41) is 0. The Morgan fingerprint density at radius 1 is 0.673 bits per heavy atom. The van der Waals surface area contributed by atoms with Crippen molar-refractivity contribution in [2.75, 3.05) is 6.61 Å². The summed E-state index contributed by atoms with van der Waals surface area (Å²) < 4.78 is 45.4. The van der Waals surface area contributed by atoms with Crippen LogP contribution in [0, 0.1) is 11.8 Å². The van der Waals surface area contributed by atoms with E-state index in [0.29, 0.717) is 17.5 Å². The van der Waals surface area contributed by atoms with Gasteiger partial charge in [0.2, 0.25) is 0 Å². The monoisotopic (exact) mass is 724 g/mol. The lowest BCUT2D eigenvalue weighted by Gasteiger charge is -2.50. The lowest BCUT2D eigenvalue weighted by atomic mass is 9.88. The van der Waals surface area contributed by atoms with Crippen molar-refractivity contribution in [1.82, 2.24) is 0 Å². The van der Waals surface area contributed by atoms with E-state index >= 15 is 0 Å². The van der Waals surface area contributed by atoms with Crippen molar-refractivity contribution in [2.45, 2.75) is 86.7 Å². The Balaban J connectivity index is 1.16. The summed E-state index contributed by atoms with van der Waals surface area (Å²) in [7, 11) is 0. The Hall–Kier alpha value is -4.03. The maximum atomic E-state index is 13.6. The van der Waals surface area contributed by atoms with Crippen LogP contribution < -0.4 is 0 Å². The molecule has 5 unspecified atom stereocenters. The molecule has 3 aliphatic heterocycles. The number of benzene rings is 4. The van der Waals surface area contributed by atoms with Gasteiger partial charge in [0.05, 0.1) is 36.0 Å². The fraction of sp³-hybridized carbons (Fsp3) is 0.381. The number of ether oxygens (including phenoxy) is 7. The number of hydrogen-bond donors (Lipinski definition) is 0. The van der Waals surface area contributed by atoms with E-state index in [-0.39, 0.29) is 24.5 Å². The van der Waals surface area contributed by atoms with Crippen LogP contribution in [0.2, 0.25) is 0 Å². The van der Waals surface area contributed by atoms with Crippen LogP contribution in [0.1, 0.15) is 59.8 Å². The molecule has 0 spiro atoms. The van der Waals surface area contributed by atoms with Crippen LogP contribution in [0.15, 0.2) is 126 Å². The molecule has 3 heterocycles. The van der Waals surface area contributed by atoms with E-state index in [1.165, 1.54) is 11.8 Å². The van der Waals surface area contributed by atoms with Gasteiger partial charge in [0, 0.05) is 22.3 Å². The third-order valence-corrected chi connectivity index (χ3v) is 11.1. The molecule has 11 atom stereocenters. The molecule has 3 saturated heterocycles. The minimum Gasteiger partial charge on any atom is -0.455 e. The Kier molecular flexibility index (Phi) is 11.7. The highest BCUT2D eigenvalue weighted by molar-refractivity contribution is 7.99. The summed E-state index contributed by atoms with van der Waals surface area (Å²) in [6.07, 6.45) is -4.38. The number of carbonyl (C=O) groups excluding carboxylic acids is 2. The van der Waals surface area contributed by atoms with Gasteiger partial charge >= 0.3 is 11.9 Å². The molecule has 0 saturated carbocycles. The molecule has 4 aromatic carbocycles. The van der Waals surface area contributed by atoms with Gasteiger partial charge in [-0.05, 0) is 42.8 Å². The van der Waals surface area contributed by atoms with Crippen LogP contribution >= 0.6 is 11.8 Å². The van der Waals surface area contributed by atoms with E-state index in [0.717, 1.165) is 10.5 Å². The second-order valence-corrected chi connectivity index (χ2v) is 14.6. The van der Waals surface area contributed by atoms with Gasteiger partial charge in [0.25, 0.3) is 0 Å². The first-order chi connectivity index (χ1) is 25.4. The van der Waals surface area contributed by atoms with Gasteiger partial charge in [0.1, 0.15) is 17.6 Å². The number of thioether (sulfide) groups is 1. The average Bonchev–Trinajstić information content (AvgIpc) is 3.19. The maximum Gasteiger partial charge on any atom is 0.338 e. The van der Waals surface area contributed by atoms with Gasteiger partial charge in [-0.1, -0.05) is 117 Å². The quantitative estimate of drug-likeness (QED) is 0.150. The predicted molar refractivity (Wildman–Crippen MR) is 194 cm³/mol. The van der Waals surface area contributed by atoms with Crippen LogP contribution in [-0.2, 0) is 33.2 Å². The largest absolute Gasteiger partial charge is 0.455 e. The third-order valence-electron chi connectivity index (χ3n) is 9.92.